The molecule has 1 aromatic heterocycles. The minimum Gasteiger partial charge on any atom is -0.467 e. The Bertz CT molecular complexity index is 935. The molecule has 0 aliphatic carbocycles. The van der Waals surface area contributed by atoms with Crippen LogP contribution in [0.3, 0.4) is 0 Å². The summed E-state index contributed by atoms with van der Waals surface area (Å²) in [6, 6.07) is 16.0. The first-order valence-electron chi connectivity index (χ1n) is 8.25. The molecular weight excluding hydrogens is 368 g/mol. The van der Waals surface area contributed by atoms with Gasteiger partial charge in [0.25, 0.3) is 0 Å². The van der Waals surface area contributed by atoms with Gasteiger partial charge in [-0.05, 0) is 25.1 Å². The van der Waals surface area contributed by atoms with Crippen molar-refractivity contribution in [2.45, 2.75) is 24.4 Å². The number of aryl methyl sites for hydroxylation is 1. The molecule has 3 aromatic rings. The lowest BCUT2D eigenvalue weighted by Crippen LogP contribution is -2.13. The Labute approximate surface area is 161 Å². The van der Waals surface area contributed by atoms with E-state index in [4.69, 9.17) is 26.1 Å². The van der Waals surface area contributed by atoms with Gasteiger partial charge in [0.2, 0.25) is 0 Å². The zero-order valence-corrected chi connectivity index (χ0v) is 15.8. The van der Waals surface area contributed by atoms with Crippen LogP contribution in [0.15, 0.2) is 53.7 Å². The van der Waals surface area contributed by atoms with Crippen LogP contribution in [0.5, 0.6) is 5.75 Å². The van der Waals surface area contributed by atoms with Gasteiger partial charge in [-0.2, -0.15) is 0 Å². The summed E-state index contributed by atoms with van der Waals surface area (Å²) in [7, 11) is 0. The van der Waals surface area contributed by atoms with E-state index in [0.717, 1.165) is 39.0 Å². The highest BCUT2D eigenvalue weighted by Gasteiger charge is 2.17. The minimum absolute atomic E-state index is 0.269. The molecule has 0 saturated carbocycles. The zero-order chi connectivity index (χ0) is 17.9. The van der Waals surface area contributed by atoms with Gasteiger partial charge in [0.15, 0.2) is 11.9 Å². The second-order valence-corrected chi connectivity index (χ2v) is 7.37. The van der Waals surface area contributed by atoms with Crippen molar-refractivity contribution in [2.24, 2.45) is 0 Å². The molecule has 0 atom stereocenters. The van der Waals surface area contributed by atoms with E-state index >= 15 is 0 Å². The number of rotatable bonds is 4. The fraction of sp³-hybridized carbons (Fsp3) is 0.200. The van der Waals surface area contributed by atoms with Crippen LogP contribution in [0.25, 0.3) is 11.3 Å². The molecule has 0 amide bonds. The molecule has 4 nitrogen and oxygen atoms in total. The number of aromatic nitrogens is 2. The summed E-state index contributed by atoms with van der Waals surface area (Å²) in [5.74, 6) is 1.55. The molecule has 0 saturated heterocycles. The van der Waals surface area contributed by atoms with Crippen LogP contribution in [-0.4, -0.2) is 16.8 Å². The second-order valence-electron chi connectivity index (χ2n) is 6.00. The molecule has 132 valence electrons. The Hall–Kier alpha value is -2.08. The van der Waals surface area contributed by atoms with E-state index in [2.05, 4.69) is 17.1 Å². The molecule has 2 heterocycles. The number of thioether (sulfide) groups is 1. The van der Waals surface area contributed by atoms with Gasteiger partial charge in [-0.1, -0.05) is 53.7 Å². The van der Waals surface area contributed by atoms with Crippen molar-refractivity contribution in [1.29, 1.82) is 0 Å². The van der Waals surface area contributed by atoms with E-state index in [1.165, 1.54) is 0 Å². The topological polar surface area (TPSA) is 44.2 Å². The lowest BCUT2D eigenvalue weighted by Gasteiger charge is -2.21. The number of hydrogen-bond donors (Lipinski definition) is 0. The van der Waals surface area contributed by atoms with Crippen molar-refractivity contribution in [3.63, 3.8) is 0 Å². The number of ether oxygens (including phenoxy) is 2. The van der Waals surface area contributed by atoms with Crippen LogP contribution in [-0.2, 0) is 17.1 Å². The fourth-order valence-corrected chi connectivity index (χ4v) is 4.00. The number of nitrogens with zero attached hydrogens (tertiary/aromatic N) is 2. The average molecular weight is 385 g/mol. The van der Waals surface area contributed by atoms with E-state index in [9.17, 15) is 0 Å². The lowest BCUT2D eigenvalue weighted by atomic mass is 10.1. The maximum Gasteiger partial charge on any atom is 0.189 e. The first-order valence-corrected chi connectivity index (χ1v) is 9.61. The Morgan fingerprint density at radius 2 is 1.96 bits per heavy atom. The molecule has 0 N–H and O–H groups in total. The van der Waals surface area contributed by atoms with E-state index in [0.29, 0.717) is 17.4 Å². The van der Waals surface area contributed by atoms with Crippen molar-refractivity contribution in [3.8, 4) is 17.0 Å². The molecule has 0 bridgehead atoms. The first kappa shape index (κ1) is 17.3. The summed E-state index contributed by atoms with van der Waals surface area (Å²) >= 11 is 7.82. The van der Waals surface area contributed by atoms with E-state index in [1.54, 1.807) is 11.8 Å². The Morgan fingerprint density at radius 3 is 2.81 bits per heavy atom. The third-order valence-electron chi connectivity index (χ3n) is 4.01. The monoisotopic (exact) mass is 384 g/mol. The molecular formula is C20H17ClN2O2S. The molecule has 26 heavy (non-hydrogen) atoms. The fourth-order valence-electron chi connectivity index (χ4n) is 2.87. The van der Waals surface area contributed by atoms with Gasteiger partial charge in [0.05, 0.1) is 12.3 Å². The number of fused-ring (bicyclic) bond motifs is 1. The molecule has 1 aliphatic rings. The largest absolute Gasteiger partial charge is 0.467 e. The average Bonchev–Trinajstić information content (AvgIpc) is 2.66. The normalized spacial score (nSPS) is 13.2. The number of halogens is 1. The highest BCUT2D eigenvalue weighted by atomic mass is 35.5. The Kier molecular flexibility index (Phi) is 5.11. The summed E-state index contributed by atoms with van der Waals surface area (Å²) in [6.07, 6.45) is 0. The highest BCUT2D eigenvalue weighted by Crippen LogP contribution is 2.35. The van der Waals surface area contributed by atoms with Crippen LogP contribution >= 0.6 is 23.4 Å². The minimum atomic E-state index is 0.269. The van der Waals surface area contributed by atoms with Crippen LogP contribution in [0.1, 0.15) is 16.8 Å². The third kappa shape index (κ3) is 3.85. The predicted octanol–water partition coefficient (Wildman–Crippen LogP) is 5.26. The third-order valence-corrected chi connectivity index (χ3v) is 5.13. The Balaban J connectivity index is 1.59. The molecule has 0 spiro atoms. The van der Waals surface area contributed by atoms with Crippen molar-refractivity contribution in [2.75, 3.05) is 6.79 Å². The summed E-state index contributed by atoms with van der Waals surface area (Å²) < 4.78 is 11.0. The molecule has 1 aliphatic heterocycles. The SMILES string of the molecule is Cc1cc(-c2ccccc2)nc(SCc2cc(Cl)cc3c2OCOC3)n1. The molecule has 0 unspecified atom stereocenters. The second kappa shape index (κ2) is 7.66. The molecule has 4 rings (SSSR count). The van der Waals surface area contributed by atoms with Crippen molar-refractivity contribution >= 4 is 23.4 Å². The number of benzene rings is 2. The van der Waals surface area contributed by atoms with Crippen molar-refractivity contribution in [3.05, 3.63) is 70.4 Å². The highest BCUT2D eigenvalue weighted by molar-refractivity contribution is 7.98. The summed E-state index contributed by atoms with van der Waals surface area (Å²) in [4.78, 5) is 9.27. The van der Waals surface area contributed by atoms with Crippen LogP contribution in [0, 0.1) is 6.92 Å². The Morgan fingerprint density at radius 1 is 1.12 bits per heavy atom. The van der Waals surface area contributed by atoms with Gasteiger partial charge in [0, 0.05) is 33.2 Å². The van der Waals surface area contributed by atoms with Crippen molar-refractivity contribution in [1.82, 2.24) is 9.97 Å². The van der Waals surface area contributed by atoms with Crippen LogP contribution in [0.2, 0.25) is 5.02 Å². The summed E-state index contributed by atoms with van der Waals surface area (Å²) in [6.45, 7) is 2.78. The smallest absolute Gasteiger partial charge is 0.189 e. The van der Waals surface area contributed by atoms with E-state index in [-0.39, 0.29) is 6.79 Å². The summed E-state index contributed by atoms with van der Waals surface area (Å²) in [5.41, 5.74) is 4.97. The van der Waals surface area contributed by atoms with Gasteiger partial charge in [0.1, 0.15) is 5.75 Å². The maximum atomic E-state index is 6.24. The van der Waals surface area contributed by atoms with Gasteiger partial charge < -0.3 is 9.47 Å². The molecule has 2 aromatic carbocycles. The molecule has 6 heteroatoms. The quantitative estimate of drug-likeness (QED) is 0.453. The number of hydrogen-bond acceptors (Lipinski definition) is 5. The molecule has 0 fully saturated rings. The standard InChI is InChI=1S/C20H17ClN2O2S/c1-13-7-18(14-5-3-2-4-6-14)23-20(22-13)26-11-16-9-17(21)8-15-10-24-12-25-19(15)16/h2-9H,10-12H2,1H3. The van der Waals surface area contributed by atoms with E-state index in [1.807, 2.05) is 43.3 Å². The zero-order valence-electron chi connectivity index (χ0n) is 14.2. The van der Waals surface area contributed by atoms with Gasteiger partial charge in [-0.3, -0.25) is 0 Å². The van der Waals surface area contributed by atoms with Crippen molar-refractivity contribution < 1.29 is 9.47 Å². The van der Waals surface area contributed by atoms with Gasteiger partial charge >= 0.3 is 0 Å². The van der Waals surface area contributed by atoms with Crippen LogP contribution in [0.4, 0.5) is 0 Å². The predicted molar refractivity (Wildman–Crippen MR) is 104 cm³/mol. The van der Waals surface area contributed by atoms with Crippen LogP contribution < -0.4 is 4.74 Å². The lowest BCUT2D eigenvalue weighted by molar-refractivity contribution is -0.0168. The van der Waals surface area contributed by atoms with Gasteiger partial charge in [-0.15, -0.1) is 0 Å². The van der Waals surface area contributed by atoms with E-state index < -0.39 is 0 Å². The molecule has 0 radical (unpaired) electrons. The first-order chi connectivity index (χ1) is 12.7. The maximum absolute atomic E-state index is 6.24. The van der Waals surface area contributed by atoms with Gasteiger partial charge in [-0.25, -0.2) is 9.97 Å². The summed E-state index contributed by atoms with van der Waals surface area (Å²) in [5, 5.41) is 1.42.